The first-order valence-corrected chi connectivity index (χ1v) is 5.85. The van der Waals surface area contributed by atoms with Crippen molar-refractivity contribution in [3.8, 4) is 11.5 Å². The lowest BCUT2D eigenvalue weighted by atomic mass is 10.0. The molecule has 0 heterocycles. The minimum Gasteiger partial charge on any atom is -0.497 e. The monoisotopic (exact) mass is 238 g/mol. The molecule has 0 radical (unpaired) electrons. The van der Waals surface area contributed by atoms with Crippen molar-refractivity contribution in [3.05, 3.63) is 23.8 Å². The minimum absolute atomic E-state index is 0.00389. The third kappa shape index (κ3) is 3.91. The van der Waals surface area contributed by atoms with Crippen LogP contribution in [0.5, 0.6) is 11.5 Å². The molecule has 96 valence electrons. The van der Waals surface area contributed by atoms with Crippen LogP contribution in [0.25, 0.3) is 0 Å². The average Bonchev–Trinajstić information content (AvgIpc) is 2.38. The SMILES string of the molecule is CNCCCC(N)c1ccc(OC)cc1OC. The topological polar surface area (TPSA) is 56.5 Å². The lowest BCUT2D eigenvalue weighted by molar-refractivity contribution is 0.387. The largest absolute Gasteiger partial charge is 0.497 e. The number of nitrogens with two attached hydrogens (primary N) is 1. The fraction of sp³-hybridized carbons (Fsp3) is 0.538. The van der Waals surface area contributed by atoms with Crippen LogP contribution in [0, 0.1) is 0 Å². The Morgan fingerprint density at radius 1 is 1.29 bits per heavy atom. The van der Waals surface area contributed by atoms with E-state index in [4.69, 9.17) is 15.2 Å². The summed E-state index contributed by atoms with van der Waals surface area (Å²) in [5.74, 6) is 1.58. The molecule has 0 fully saturated rings. The first kappa shape index (κ1) is 13.8. The van der Waals surface area contributed by atoms with Crippen molar-refractivity contribution in [2.24, 2.45) is 5.73 Å². The molecule has 1 atom stereocenters. The summed E-state index contributed by atoms with van der Waals surface area (Å²) in [6, 6.07) is 5.76. The molecule has 1 rings (SSSR count). The zero-order valence-corrected chi connectivity index (χ0v) is 10.8. The maximum absolute atomic E-state index is 6.16. The van der Waals surface area contributed by atoms with Gasteiger partial charge in [-0.05, 0) is 32.5 Å². The van der Waals surface area contributed by atoms with Crippen LogP contribution in [-0.4, -0.2) is 27.8 Å². The highest BCUT2D eigenvalue weighted by Crippen LogP contribution is 2.30. The molecule has 4 heteroatoms. The first-order chi connectivity index (χ1) is 8.22. The Hall–Kier alpha value is -1.26. The Balaban J connectivity index is 2.74. The molecule has 1 aromatic rings. The molecule has 0 saturated heterocycles. The van der Waals surface area contributed by atoms with Crippen molar-refractivity contribution >= 4 is 0 Å². The molecular formula is C13H22N2O2. The summed E-state index contributed by atoms with van der Waals surface area (Å²) in [4.78, 5) is 0. The summed E-state index contributed by atoms with van der Waals surface area (Å²) in [5.41, 5.74) is 7.19. The highest BCUT2D eigenvalue weighted by Gasteiger charge is 2.12. The van der Waals surface area contributed by atoms with Crippen molar-refractivity contribution in [2.75, 3.05) is 27.8 Å². The van der Waals surface area contributed by atoms with Gasteiger partial charge in [0.1, 0.15) is 11.5 Å². The maximum atomic E-state index is 6.16. The fourth-order valence-corrected chi connectivity index (χ4v) is 1.78. The molecule has 0 saturated carbocycles. The lowest BCUT2D eigenvalue weighted by Crippen LogP contribution is -2.15. The molecule has 17 heavy (non-hydrogen) atoms. The van der Waals surface area contributed by atoms with Crippen molar-refractivity contribution in [3.63, 3.8) is 0 Å². The maximum Gasteiger partial charge on any atom is 0.127 e. The smallest absolute Gasteiger partial charge is 0.127 e. The van der Waals surface area contributed by atoms with E-state index in [-0.39, 0.29) is 6.04 Å². The van der Waals surface area contributed by atoms with Gasteiger partial charge in [-0.1, -0.05) is 6.07 Å². The summed E-state index contributed by atoms with van der Waals surface area (Å²) in [5, 5.41) is 3.11. The van der Waals surface area contributed by atoms with Gasteiger partial charge in [0.25, 0.3) is 0 Å². The molecule has 1 aromatic carbocycles. The molecule has 0 amide bonds. The number of nitrogens with one attached hydrogen (secondary N) is 1. The normalized spacial score (nSPS) is 12.2. The second-order valence-corrected chi connectivity index (χ2v) is 3.96. The quantitative estimate of drug-likeness (QED) is 0.710. The van der Waals surface area contributed by atoms with Crippen molar-refractivity contribution in [1.29, 1.82) is 0 Å². The zero-order chi connectivity index (χ0) is 12.7. The number of ether oxygens (including phenoxy) is 2. The molecule has 4 nitrogen and oxygen atoms in total. The van der Waals surface area contributed by atoms with Crippen LogP contribution in [0.2, 0.25) is 0 Å². The molecular weight excluding hydrogens is 216 g/mol. The molecule has 3 N–H and O–H groups in total. The Morgan fingerprint density at radius 2 is 2.06 bits per heavy atom. The summed E-state index contributed by atoms with van der Waals surface area (Å²) >= 11 is 0. The van der Waals surface area contributed by atoms with Crippen LogP contribution in [0.4, 0.5) is 0 Å². The van der Waals surface area contributed by atoms with Crippen LogP contribution in [0.15, 0.2) is 18.2 Å². The number of rotatable bonds is 7. The van der Waals surface area contributed by atoms with Gasteiger partial charge in [0.05, 0.1) is 14.2 Å². The second kappa shape index (κ2) is 7.14. The second-order valence-electron chi connectivity index (χ2n) is 3.96. The molecule has 0 aromatic heterocycles. The summed E-state index contributed by atoms with van der Waals surface area (Å²) in [6.07, 6.45) is 1.98. The Morgan fingerprint density at radius 3 is 2.65 bits per heavy atom. The first-order valence-electron chi connectivity index (χ1n) is 5.85. The third-order valence-electron chi connectivity index (χ3n) is 2.78. The van der Waals surface area contributed by atoms with Crippen LogP contribution in [0.3, 0.4) is 0 Å². The van der Waals surface area contributed by atoms with Crippen molar-refractivity contribution in [1.82, 2.24) is 5.32 Å². The standard InChI is InChI=1S/C13H22N2O2/c1-15-8-4-5-12(14)11-7-6-10(16-2)9-13(11)17-3/h6-7,9,12,15H,4-5,8,14H2,1-3H3. The summed E-state index contributed by atoms with van der Waals surface area (Å²) < 4.78 is 10.5. The number of hydrogen-bond donors (Lipinski definition) is 2. The third-order valence-corrected chi connectivity index (χ3v) is 2.78. The van der Waals surface area contributed by atoms with E-state index in [1.807, 2.05) is 25.2 Å². The Labute approximate surface area is 103 Å². The highest BCUT2D eigenvalue weighted by molar-refractivity contribution is 5.42. The average molecular weight is 238 g/mol. The molecule has 0 spiro atoms. The van der Waals surface area contributed by atoms with E-state index in [9.17, 15) is 0 Å². The minimum atomic E-state index is 0.00389. The molecule has 0 bridgehead atoms. The van der Waals surface area contributed by atoms with Gasteiger partial charge in [0.15, 0.2) is 0 Å². The van der Waals surface area contributed by atoms with Gasteiger partial charge < -0.3 is 20.5 Å². The van der Waals surface area contributed by atoms with Gasteiger partial charge in [-0.25, -0.2) is 0 Å². The van der Waals surface area contributed by atoms with Crippen molar-refractivity contribution < 1.29 is 9.47 Å². The summed E-state index contributed by atoms with van der Waals surface area (Å²) in [6.45, 7) is 0.978. The Bertz CT molecular complexity index is 342. The molecule has 1 unspecified atom stereocenters. The van der Waals surface area contributed by atoms with E-state index in [1.54, 1.807) is 14.2 Å². The predicted octanol–water partition coefficient (Wildman–Crippen LogP) is 1.70. The summed E-state index contributed by atoms with van der Waals surface area (Å²) in [7, 11) is 5.24. The highest BCUT2D eigenvalue weighted by atomic mass is 16.5. The van der Waals surface area contributed by atoms with E-state index in [0.29, 0.717) is 0 Å². The Kier molecular flexibility index (Phi) is 5.80. The molecule has 0 aliphatic heterocycles. The number of methoxy groups -OCH3 is 2. The van der Waals surface area contributed by atoms with Gasteiger partial charge in [-0.15, -0.1) is 0 Å². The lowest BCUT2D eigenvalue weighted by Gasteiger charge is -2.16. The van der Waals surface area contributed by atoms with Crippen molar-refractivity contribution in [2.45, 2.75) is 18.9 Å². The van der Waals surface area contributed by atoms with Gasteiger partial charge in [-0.3, -0.25) is 0 Å². The van der Waals surface area contributed by atoms with Crippen LogP contribution in [-0.2, 0) is 0 Å². The molecule has 0 aliphatic rings. The number of hydrogen-bond acceptors (Lipinski definition) is 4. The van der Waals surface area contributed by atoms with E-state index < -0.39 is 0 Å². The fourth-order valence-electron chi connectivity index (χ4n) is 1.78. The molecule has 0 aliphatic carbocycles. The van der Waals surface area contributed by atoms with Gasteiger partial charge in [0, 0.05) is 17.7 Å². The van der Waals surface area contributed by atoms with E-state index in [0.717, 1.165) is 36.4 Å². The number of benzene rings is 1. The van der Waals surface area contributed by atoms with Gasteiger partial charge in [0.2, 0.25) is 0 Å². The van der Waals surface area contributed by atoms with Crippen LogP contribution >= 0.6 is 0 Å². The van der Waals surface area contributed by atoms with Gasteiger partial charge in [-0.2, -0.15) is 0 Å². The van der Waals surface area contributed by atoms with Gasteiger partial charge >= 0.3 is 0 Å². The predicted molar refractivity (Wildman–Crippen MR) is 69.6 cm³/mol. The van der Waals surface area contributed by atoms with Crippen LogP contribution < -0.4 is 20.5 Å². The van der Waals surface area contributed by atoms with Crippen LogP contribution in [0.1, 0.15) is 24.4 Å². The van der Waals surface area contributed by atoms with E-state index in [2.05, 4.69) is 5.32 Å². The van der Waals surface area contributed by atoms with E-state index in [1.165, 1.54) is 0 Å². The van der Waals surface area contributed by atoms with E-state index >= 15 is 0 Å². The zero-order valence-electron chi connectivity index (χ0n) is 10.8.